The third-order valence-electron chi connectivity index (χ3n) is 6.46. The van der Waals surface area contributed by atoms with E-state index in [0.29, 0.717) is 26.1 Å². The Bertz CT molecular complexity index is 1090. The van der Waals surface area contributed by atoms with Gasteiger partial charge in [0.15, 0.2) is 11.8 Å². The molecule has 2 aliphatic carbocycles. The zero-order valence-corrected chi connectivity index (χ0v) is 21.6. The molecular weight excluding hydrogens is 453 g/mol. The Morgan fingerprint density at radius 1 is 1.09 bits per heavy atom. The third-order valence-corrected chi connectivity index (χ3v) is 7.84. The SMILES string of the molecule is O=C([N-]S(=O)(=O)N(c1cccnn1)C1CCOCC1)Nc1c2c(cc3c1CCC3)CCC2.[Na+]. The molecule has 0 atom stereocenters. The molecule has 2 aromatic rings. The topological polar surface area (TPSA) is 116 Å². The number of hydrogen-bond acceptors (Lipinski definition) is 6. The number of fused-ring (bicyclic) bond motifs is 2. The van der Waals surface area contributed by atoms with Crippen LogP contribution in [-0.4, -0.2) is 43.9 Å². The number of aromatic nitrogens is 2. The second-order valence-corrected chi connectivity index (χ2v) is 9.93. The molecule has 2 amide bonds. The van der Waals surface area contributed by atoms with E-state index in [1.165, 1.54) is 17.3 Å². The first-order valence-electron chi connectivity index (χ1n) is 11.1. The van der Waals surface area contributed by atoms with Gasteiger partial charge in [0, 0.05) is 19.4 Å². The molecule has 170 valence electrons. The molecule has 0 spiro atoms. The first kappa shape index (κ1) is 24.4. The van der Waals surface area contributed by atoms with E-state index in [-0.39, 0.29) is 35.4 Å². The standard InChI is InChI=1S/C22H27N5O4S.Na/c28-22(24-21-18-6-1-4-15(18)14-16-5-2-7-19(16)21)26-32(29,30)27(17-9-12-31-13-10-17)20-8-3-11-23-25-20;/h3,8,11,14,17H,1-2,4-7,9-10,12-13H2,(H2,24,26,28);/q;+1/p-1. The molecule has 1 saturated heterocycles. The van der Waals surface area contributed by atoms with Gasteiger partial charge >= 0.3 is 29.6 Å². The van der Waals surface area contributed by atoms with Crippen LogP contribution in [0.2, 0.25) is 0 Å². The molecule has 1 fully saturated rings. The number of nitrogens with one attached hydrogen (secondary N) is 1. The number of nitrogens with zero attached hydrogens (tertiary/aromatic N) is 4. The molecule has 1 aromatic heterocycles. The number of hydrogen-bond donors (Lipinski definition) is 1. The Hall–Kier alpha value is -1.72. The molecule has 33 heavy (non-hydrogen) atoms. The van der Waals surface area contributed by atoms with Crippen LogP contribution in [-0.2, 0) is 40.6 Å². The van der Waals surface area contributed by atoms with Gasteiger partial charge in [0.25, 0.3) is 10.2 Å². The van der Waals surface area contributed by atoms with Crippen molar-refractivity contribution in [1.29, 1.82) is 0 Å². The van der Waals surface area contributed by atoms with Crippen LogP contribution in [0.15, 0.2) is 24.4 Å². The van der Waals surface area contributed by atoms with Gasteiger partial charge in [-0.05, 0) is 91.4 Å². The molecule has 0 radical (unpaired) electrons. The zero-order chi connectivity index (χ0) is 22.1. The fourth-order valence-corrected chi connectivity index (χ4v) is 6.33. The summed E-state index contributed by atoms with van der Waals surface area (Å²) in [6.07, 6.45) is 8.30. The summed E-state index contributed by atoms with van der Waals surface area (Å²) in [7, 11) is -4.33. The Balaban J connectivity index is 0.00000259. The van der Waals surface area contributed by atoms with E-state index < -0.39 is 22.3 Å². The summed E-state index contributed by atoms with van der Waals surface area (Å²) in [5, 5.41) is 10.6. The third kappa shape index (κ3) is 5.05. The maximum atomic E-state index is 13.3. The van der Waals surface area contributed by atoms with Crippen molar-refractivity contribution in [3.8, 4) is 0 Å². The Kier molecular flexibility index (Phi) is 7.59. The van der Waals surface area contributed by atoms with Crippen molar-refractivity contribution < 1.29 is 47.5 Å². The van der Waals surface area contributed by atoms with Crippen LogP contribution in [0.25, 0.3) is 4.72 Å². The van der Waals surface area contributed by atoms with Crippen molar-refractivity contribution in [2.75, 3.05) is 22.8 Å². The maximum absolute atomic E-state index is 13.3. The fraction of sp³-hybridized carbons (Fsp3) is 0.500. The first-order chi connectivity index (χ1) is 15.5. The minimum atomic E-state index is -4.33. The smallest absolute Gasteiger partial charge is 0.423 e. The van der Waals surface area contributed by atoms with Crippen molar-refractivity contribution >= 4 is 27.7 Å². The summed E-state index contributed by atoms with van der Waals surface area (Å²) in [6, 6.07) is 4.16. The number of urea groups is 1. The van der Waals surface area contributed by atoms with Crippen molar-refractivity contribution in [2.45, 2.75) is 57.4 Å². The van der Waals surface area contributed by atoms with Crippen LogP contribution >= 0.6 is 0 Å². The number of amides is 2. The zero-order valence-electron chi connectivity index (χ0n) is 18.8. The summed E-state index contributed by atoms with van der Waals surface area (Å²) in [5.74, 6) is 0.150. The summed E-state index contributed by atoms with van der Waals surface area (Å²) >= 11 is 0. The first-order valence-corrected chi connectivity index (χ1v) is 12.5. The molecule has 1 aromatic carbocycles. The predicted octanol–water partition coefficient (Wildman–Crippen LogP) is 0.294. The molecule has 0 unspecified atom stereocenters. The number of aryl methyl sites for hydroxylation is 2. The van der Waals surface area contributed by atoms with Crippen LogP contribution in [0.5, 0.6) is 0 Å². The number of carbonyl (C=O) groups is 1. The minimum absolute atomic E-state index is 0. The second kappa shape index (κ2) is 10.3. The average Bonchev–Trinajstić information content (AvgIpc) is 3.44. The molecule has 0 saturated carbocycles. The molecular formula is C22H26N5NaO4S. The Morgan fingerprint density at radius 2 is 1.76 bits per heavy atom. The van der Waals surface area contributed by atoms with Gasteiger partial charge in [0.2, 0.25) is 0 Å². The van der Waals surface area contributed by atoms with Gasteiger partial charge in [-0.25, -0.2) is 12.7 Å². The Morgan fingerprint density at radius 3 is 2.36 bits per heavy atom. The molecule has 0 bridgehead atoms. The van der Waals surface area contributed by atoms with E-state index in [1.807, 2.05) is 0 Å². The van der Waals surface area contributed by atoms with E-state index >= 15 is 0 Å². The fourth-order valence-electron chi connectivity index (χ4n) is 5.07. The number of anilines is 2. The molecule has 1 N–H and O–H groups in total. The van der Waals surface area contributed by atoms with E-state index in [9.17, 15) is 13.2 Å². The van der Waals surface area contributed by atoms with Gasteiger partial charge in [-0.15, -0.1) is 5.10 Å². The molecule has 11 heteroatoms. The van der Waals surface area contributed by atoms with Crippen molar-refractivity contribution in [1.82, 2.24) is 10.2 Å². The monoisotopic (exact) mass is 479 g/mol. The molecule has 1 aliphatic heterocycles. The summed E-state index contributed by atoms with van der Waals surface area (Å²) in [4.78, 5) is 12.9. The van der Waals surface area contributed by atoms with Gasteiger partial charge in [0.1, 0.15) is 0 Å². The second-order valence-electron chi connectivity index (χ2n) is 8.45. The normalized spacial score (nSPS) is 17.6. The van der Waals surface area contributed by atoms with Crippen molar-refractivity contribution in [3.05, 3.63) is 51.4 Å². The predicted molar refractivity (Wildman–Crippen MR) is 120 cm³/mol. The van der Waals surface area contributed by atoms with Crippen molar-refractivity contribution in [2.24, 2.45) is 0 Å². The average molecular weight is 480 g/mol. The van der Waals surface area contributed by atoms with Crippen LogP contribution < -0.4 is 39.2 Å². The quantitative estimate of drug-likeness (QED) is 0.617. The van der Waals surface area contributed by atoms with Gasteiger partial charge in [-0.1, -0.05) is 6.07 Å². The molecule has 5 rings (SSSR count). The maximum Gasteiger partial charge on any atom is 1.00 e. The van der Waals surface area contributed by atoms with Crippen LogP contribution in [0.4, 0.5) is 16.3 Å². The van der Waals surface area contributed by atoms with E-state index in [4.69, 9.17) is 4.74 Å². The van der Waals surface area contributed by atoms with Crippen LogP contribution in [0.1, 0.15) is 47.9 Å². The van der Waals surface area contributed by atoms with Gasteiger partial charge in [-0.3, -0.25) is 4.79 Å². The van der Waals surface area contributed by atoms with E-state index in [2.05, 4.69) is 26.3 Å². The number of carbonyl (C=O) groups excluding carboxylic acids is 1. The molecule has 3 aliphatic rings. The van der Waals surface area contributed by atoms with Gasteiger partial charge < -0.3 is 14.8 Å². The van der Waals surface area contributed by atoms with Crippen LogP contribution in [0, 0.1) is 0 Å². The molecule has 2 heterocycles. The summed E-state index contributed by atoms with van der Waals surface area (Å²) in [6.45, 7) is 0.872. The summed E-state index contributed by atoms with van der Waals surface area (Å²) in [5.41, 5.74) is 5.54. The number of benzene rings is 1. The largest absolute Gasteiger partial charge is 1.00 e. The Labute approximate surface area is 216 Å². The summed E-state index contributed by atoms with van der Waals surface area (Å²) < 4.78 is 36.7. The molecule has 9 nitrogen and oxygen atoms in total. The minimum Gasteiger partial charge on any atom is -0.423 e. The van der Waals surface area contributed by atoms with E-state index in [1.54, 1.807) is 12.1 Å². The number of ether oxygens (including phenoxy) is 1. The van der Waals surface area contributed by atoms with E-state index in [0.717, 1.165) is 59.6 Å². The van der Waals surface area contributed by atoms with Gasteiger partial charge in [0.05, 0.1) is 6.04 Å². The van der Waals surface area contributed by atoms with Crippen LogP contribution in [0.3, 0.4) is 0 Å². The van der Waals surface area contributed by atoms with Gasteiger partial charge in [-0.2, -0.15) is 5.10 Å². The van der Waals surface area contributed by atoms with Crippen molar-refractivity contribution in [3.63, 3.8) is 0 Å². The number of rotatable bonds is 5.